The normalized spacial score (nSPS) is 12.0. The molecule has 0 aliphatic heterocycles. The summed E-state index contributed by atoms with van der Waals surface area (Å²) in [6, 6.07) is 10.7. The van der Waals surface area contributed by atoms with Gasteiger partial charge in [0, 0.05) is 6.08 Å². The number of carbonyl (C=O) groups excluding carboxylic acids is 1. The molecule has 134 valence electrons. The fourth-order valence-electron chi connectivity index (χ4n) is 2.27. The number of phenols is 1. The molecule has 0 atom stereocenters. The number of aliphatic hydroxyl groups is 1. The topological polar surface area (TPSA) is 66.8 Å². The first-order chi connectivity index (χ1) is 12.4. The molecule has 0 aliphatic carbocycles. The Hall–Kier alpha value is -3.27. The lowest BCUT2D eigenvalue weighted by molar-refractivity contribution is -0.110. The molecule has 2 aromatic rings. The summed E-state index contributed by atoms with van der Waals surface area (Å²) in [7, 11) is 1.45. The molecule has 0 radical (unpaired) electrons. The van der Waals surface area contributed by atoms with Gasteiger partial charge in [-0.05, 0) is 60.4 Å². The van der Waals surface area contributed by atoms with E-state index in [1.54, 1.807) is 24.3 Å². The quantitative estimate of drug-likeness (QED) is 0.448. The molecule has 2 N–H and O–H groups in total. The number of ketones is 1. The van der Waals surface area contributed by atoms with Gasteiger partial charge in [-0.15, -0.1) is 0 Å². The second-order valence-corrected chi connectivity index (χ2v) is 5.91. The van der Waals surface area contributed by atoms with Crippen LogP contribution in [0.4, 0.5) is 0 Å². The first-order valence-corrected chi connectivity index (χ1v) is 8.14. The Morgan fingerprint density at radius 3 is 2.31 bits per heavy atom. The van der Waals surface area contributed by atoms with Crippen LogP contribution in [0.15, 0.2) is 60.4 Å². The van der Waals surface area contributed by atoms with E-state index in [0.29, 0.717) is 11.3 Å². The summed E-state index contributed by atoms with van der Waals surface area (Å²) in [6.45, 7) is 4.06. The number of hydrogen-bond donors (Lipinski definition) is 2. The molecular formula is C22H22O4. The number of aromatic hydroxyl groups is 1. The van der Waals surface area contributed by atoms with Crippen molar-refractivity contribution in [3.8, 4) is 11.5 Å². The van der Waals surface area contributed by atoms with Gasteiger partial charge in [-0.2, -0.15) is 0 Å². The van der Waals surface area contributed by atoms with Crippen LogP contribution in [-0.4, -0.2) is 23.1 Å². The highest BCUT2D eigenvalue weighted by Gasteiger charge is 2.01. The Labute approximate surface area is 153 Å². The summed E-state index contributed by atoms with van der Waals surface area (Å²) >= 11 is 0. The Morgan fingerprint density at radius 2 is 1.62 bits per heavy atom. The van der Waals surface area contributed by atoms with Crippen LogP contribution in [0.5, 0.6) is 11.5 Å². The molecular weight excluding hydrogens is 328 g/mol. The van der Waals surface area contributed by atoms with Crippen LogP contribution >= 0.6 is 0 Å². The highest BCUT2D eigenvalue weighted by molar-refractivity contribution is 6.02. The lowest BCUT2D eigenvalue weighted by Crippen LogP contribution is -1.89. The number of rotatable bonds is 6. The van der Waals surface area contributed by atoms with E-state index in [4.69, 9.17) is 4.74 Å². The van der Waals surface area contributed by atoms with E-state index in [1.165, 1.54) is 36.5 Å². The number of aryl methyl sites for hydroxylation is 2. The molecule has 2 aromatic carbocycles. The van der Waals surface area contributed by atoms with Gasteiger partial charge >= 0.3 is 0 Å². The number of ether oxygens (including phenoxy) is 1. The number of benzene rings is 2. The van der Waals surface area contributed by atoms with Crippen molar-refractivity contribution < 1.29 is 19.7 Å². The van der Waals surface area contributed by atoms with E-state index < -0.39 is 0 Å². The van der Waals surface area contributed by atoms with Crippen LogP contribution in [0.1, 0.15) is 22.3 Å². The van der Waals surface area contributed by atoms with E-state index in [1.807, 2.05) is 32.0 Å². The second kappa shape index (κ2) is 8.72. The van der Waals surface area contributed by atoms with Crippen LogP contribution in [-0.2, 0) is 4.79 Å². The van der Waals surface area contributed by atoms with Gasteiger partial charge in [0.1, 0.15) is 5.76 Å². The number of carbonyl (C=O) groups is 1. The predicted molar refractivity (Wildman–Crippen MR) is 104 cm³/mol. The number of hydrogen-bond acceptors (Lipinski definition) is 4. The summed E-state index contributed by atoms with van der Waals surface area (Å²) in [5, 5.41) is 19.4. The van der Waals surface area contributed by atoms with Gasteiger partial charge in [-0.1, -0.05) is 36.4 Å². The van der Waals surface area contributed by atoms with Crippen LogP contribution in [0.2, 0.25) is 0 Å². The molecule has 26 heavy (non-hydrogen) atoms. The Bertz CT molecular complexity index is 889. The van der Waals surface area contributed by atoms with Crippen LogP contribution in [0.3, 0.4) is 0 Å². The van der Waals surface area contributed by atoms with E-state index >= 15 is 0 Å². The molecule has 0 amide bonds. The van der Waals surface area contributed by atoms with E-state index in [-0.39, 0.29) is 17.3 Å². The zero-order chi connectivity index (χ0) is 19.1. The summed E-state index contributed by atoms with van der Waals surface area (Å²) in [5.41, 5.74) is 4.02. The smallest absolute Gasteiger partial charge is 0.182 e. The molecule has 0 unspecified atom stereocenters. The Kier molecular flexibility index (Phi) is 6.39. The zero-order valence-electron chi connectivity index (χ0n) is 15.1. The summed E-state index contributed by atoms with van der Waals surface area (Å²) in [5.74, 6) is -0.111. The van der Waals surface area contributed by atoms with E-state index in [0.717, 1.165) is 11.6 Å². The largest absolute Gasteiger partial charge is 0.508 e. The van der Waals surface area contributed by atoms with Crippen molar-refractivity contribution in [2.45, 2.75) is 13.8 Å². The second-order valence-electron chi connectivity index (χ2n) is 5.91. The minimum Gasteiger partial charge on any atom is -0.508 e. The van der Waals surface area contributed by atoms with Gasteiger partial charge in [0.25, 0.3) is 0 Å². The molecule has 0 aliphatic rings. The number of allylic oxidation sites excluding steroid dienone is 3. The lowest BCUT2D eigenvalue weighted by Gasteiger charge is -2.03. The zero-order valence-corrected chi connectivity index (χ0v) is 15.1. The van der Waals surface area contributed by atoms with Crippen molar-refractivity contribution in [3.05, 3.63) is 82.6 Å². The molecule has 0 saturated carbocycles. The minimum absolute atomic E-state index is 0.0324. The third-order valence-corrected chi connectivity index (χ3v) is 3.91. The predicted octanol–water partition coefficient (Wildman–Crippen LogP) is 4.76. The van der Waals surface area contributed by atoms with Gasteiger partial charge in [-0.25, -0.2) is 0 Å². The fourth-order valence-corrected chi connectivity index (χ4v) is 2.27. The highest BCUT2D eigenvalue weighted by atomic mass is 16.5. The SMILES string of the molecule is COc1cc(/C=C/C(=O)/C=C(O)/C=C/c2ccc(C)c(C)c2)ccc1O. The van der Waals surface area contributed by atoms with Crippen LogP contribution < -0.4 is 4.74 Å². The summed E-state index contributed by atoms with van der Waals surface area (Å²) < 4.78 is 5.02. The summed E-state index contributed by atoms with van der Waals surface area (Å²) in [4.78, 5) is 11.9. The summed E-state index contributed by atoms with van der Waals surface area (Å²) in [6.07, 6.45) is 7.30. The average Bonchev–Trinajstić information content (AvgIpc) is 2.62. The maximum Gasteiger partial charge on any atom is 0.182 e. The average molecular weight is 350 g/mol. The minimum atomic E-state index is -0.348. The first-order valence-electron chi connectivity index (χ1n) is 8.14. The Morgan fingerprint density at radius 1 is 0.962 bits per heavy atom. The van der Waals surface area contributed by atoms with Crippen molar-refractivity contribution in [1.29, 1.82) is 0 Å². The van der Waals surface area contributed by atoms with Gasteiger partial charge in [0.15, 0.2) is 17.3 Å². The number of phenolic OH excluding ortho intramolecular Hbond substituents is 1. The standard InChI is InChI=1S/C22H22O4/c1-15-4-5-17(12-16(15)2)6-9-19(23)14-20(24)10-7-18-8-11-21(25)22(13-18)26-3/h4-14,23,25H,1-3H3/b9-6+,10-7+,19-14-. The molecule has 0 aromatic heterocycles. The van der Waals surface area contributed by atoms with Gasteiger partial charge in [-0.3, -0.25) is 4.79 Å². The molecule has 0 spiro atoms. The lowest BCUT2D eigenvalue weighted by atomic mass is 10.1. The third-order valence-electron chi connectivity index (χ3n) is 3.91. The molecule has 4 heteroatoms. The molecule has 2 rings (SSSR count). The molecule has 0 fully saturated rings. The van der Waals surface area contributed by atoms with Crippen LogP contribution in [0, 0.1) is 13.8 Å². The van der Waals surface area contributed by atoms with Crippen molar-refractivity contribution in [2.75, 3.05) is 7.11 Å². The number of methoxy groups -OCH3 is 1. The molecule has 0 saturated heterocycles. The van der Waals surface area contributed by atoms with Gasteiger partial charge in [0.05, 0.1) is 7.11 Å². The Balaban J connectivity index is 2.04. The van der Waals surface area contributed by atoms with Crippen molar-refractivity contribution in [3.63, 3.8) is 0 Å². The maximum absolute atomic E-state index is 11.9. The maximum atomic E-state index is 11.9. The van der Waals surface area contributed by atoms with Crippen LogP contribution in [0.25, 0.3) is 12.2 Å². The fraction of sp³-hybridized carbons (Fsp3) is 0.136. The first kappa shape index (κ1) is 19.1. The van der Waals surface area contributed by atoms with Crippen molar-refractivity contribution in [2.24, 2.45) is 0 Å². The molecule has 0 heterocycles. The third kappa shape index (κ3) is 5.38. The van der Waals surface area contributed by atoms with Crippen molar-refractivity contribution in [1.82, 2.24) is 0 Å². The number of aliphatic hydroxyl groups excluding tert-OH is 1. The molecule has 0 bridgehead atoms. The van der Waals surface area contributed by atoms with Gasteiger partial charge in [0.2, 0.25) is 0 Å². The molecule has 4 nitrogen and oxygen atoms in total. The highest BCUT2D eigenvalue weighted by Crippen LogP contribution is 2.26. The van der Waals surface area contributed by atoms with E-state index in [9.17, 15) is 15.0 Å². The van der Waals surface area contributed by atoms with Gasteiger partial charge < -0.3 is 14.9 Å². The van der Waals surface area contributed by atoms with Crippen molar-refractivity contribution >= 4 is 17.9 Å². The monoisotopic (exact) mass is 350 g/mol. The van der Waals surface area contributed by atoms with E-state index in [2.05, 4.69) is 0 Å².